The van der Waals surface area contributed by atoms with Crippen LogP contribution in [-0.4, -0.2) is 0 Å². The van der Waals surface area contributed by atoms with Crippen molar-refractivity contribution in [2.75, 3.05) is 10.2 Å². The molecule has 3 heteroatoms. The zero-order chi connectivity index (χ0) is 38.9. The maximum Gasteiger partial charge on any atom is 0.0482 e. The molecule has 11 aromatic carbocycles. The van der Waals surface area contributed by atoms with Crippen molar-refractivity contribution < 1.29 is 0 Å². The lowest BCUT2D eigenvalue weighted by Gasteiger charge is -2.27. The molecule has 0 unspecified atom stereocenters. The van der Waals surface area contributed by atoms with Gasteiger partial charge in [0.15, 0.2) is 0 Å². The second-order valence-corrected chi connectivity index (χ2v) is 16.4. The van der Waals surface area contributed by atoms with Crippen molar-refractivity contribution in [2.45, 2.75) is 0 Å². The molecule has 0 saturated heterocycles. The SMILES string of the molecule is c1cc(Nc2cc3c(cc2-c2cccc4ccccc24)c2ccccc2c2c4ccccc4sc32)cc(N(c2ccc3ccccc3c2)c2ccc3ccccc3c2)c1. The van der Waals surface area contributed by atoms with Gasteiger partial charge in [-0.1, -0.05) is 152 Å². The summed E-state index contributed by atoms with van der Waals surface area (Å²) >= 11 is 1.89. The molecule has 2 nitrogen and oxygen atoms in total. The second-order valence-electron chi connectivity index (χ2n) is 15.4. The van der Waals surface area contributed by atoms with E-state index in [1.54, 1.807) is 0 Å². The van der Waals surface area contributed by atoms with Crippen LogP contribution in [0.3, 0.4) is 0 Å². The lowest BCUT2D eigenvalue weighted by molar-refractivity contribution is 1.29. The van der Waals surface area contributed by atoms with Crippen LogP contribution in [0.15, 0.2) is 212 Å². The van der Waals surface area contributed by atoms with Crippen molar-refractivity contribution in [1.29, 1.82) is 0 Å². The molecule has 1 heterocycles. The molecule has 59 heavy (non-hydrogen) atoms. The fraction of sp³-hybridized carbons (Fsp3) is 0. The molecule has 0 saturated carbocycles. The zero-order valence-electron chi connectivity index (χ0n) is 32.1. The number of hydrogen-bond donors (Lipinski definition) is 1. The molecule has 0 radical (unpaired) electrons. The van der Waals surface area contributed by atoms with Gasteiger partial charge in [0, 0.05) is 59.6 Å². The lowest BCUT2D eigenvalue weighted by atomic mass is 9.91. The summed E-state index contributed by atoms with van der Waals surface area (Å²) in [6.45, 7) is 0. The molecular weight excluding hydrogens is 733 g/mol. The van der Waals surface area contributed by atoms with E-state index in [2.05, 4.69) is 223 Å². The first kappa shape index (κ1) is 33.7. The Hall–Kier alpha value is -7.46. The van der Waals surface area contributed by atoms with Crippen molar-refractivity contribution in [3.05, 3.63) is 212 Å². The van der Waals surface area contributed by atoms with Crippen molar-refractivity contribution in [3.63, 3.8) is 0 Å². The third kappa shape index (κ3) is 5.62. The minimum Gasteiger partial charge on any atom is -0.355 e. The lowest BCUT2D eigenvalue weighted by Crippen LogP contribution is -2.10. The highest BCUT2D eigenvalue weighted by molar-refractivity contribution is 7.27. The number of fused-ring (bicyclic) bond motifs is 11. The largest absolute Gasteiger partial charge is 0.355 e. The number of anilines is 5. The number of rotatable bonds is 6. The van der Waals surface area contributed by atoms with E-state index in [0.717, 1.165) is 28.4 Å². The van der Waals surface area contributed by atoms with E-state index in [9.17, 15) is 0 Å². The van der Waals surface area contributed by atoms with Crippen molar-refractivity contribution in [2.24, 2.45) is 0 Å². The van der Waals surface area contributed by atoms with Crippen LogP contribution >= 0.6 is 11.3 Å². The third-order valence-electron chi connectivity index (χ3n) is 11.9. The molecular formula is C56H36N2S. The van der Waals surface area contributed by atoms with E-state index >= 15 is 0 Å². The number of benzene rings is 11. The van der Waals surface area contributed by atoms with Crippen molar-refractivity contribution in [1.82, 2.24) is 0 Å². The van der Waals surface area contributed by atoms with Gasteiger partial charge in [0.05, 0.1) is 0 Å². The summed E-state index contributed by atoms with van der Waals surface area (Å²) in [5.74, 6) is 0. The quantitative estimate of drug-likeness (QED) is 0.170. The first-order chi connectivity index (χ1) is 29.2. The summed E-state index contributed by atoms with van der Waals surface area (Å²) in [5, 5.41) is 19.1. The Kier molecular flexibility index (Phi) is 7.75. The Morgan fingerprint density at radius 1 is 0.339 bits per heavy atom. The maximum atomic E-state index is 4.01. The van der Waals surface area contributed by atoms with Crippen LogP contribution in [0.25, 0.3) is 85.2 Å². The Labute approximate surface area is 345 Å². The fourth-order valence-electron chi connectivity index (χ4n) is 9.19. The minimum atomic E-state index is 1.02. The monoisotopic (exact) mass is 768 g/mol. The van der Waals surface area contributed by atoms with E-state index in [1.165, 1.54) is 85.2 Å². The molecule has 276 valence electrons. The molecule has 12 rings (SSSR count). The number of thiophene rings is 1. The Balaban J connectivity index is 1.08. The fourth-order valence-corrected chi connectivity index (χ4v) is 10.4. The number of hydrogen-bond acceptors (Lipinski definition) is 3. The summed E-state index contributed by atoms with van der Waals surface area (Å²) in [6, 6.07) is 77.6. The minimum absolute atomic E-state index is 1.02. The molecule has 1 aromatic heterocycles. The van der Waals surface area contributed by atoms with Gasteiger partial charge in [0.2, 0.25) is 0 Å². The maximum absolute atomic E-state index is 4.01. The van der Waals surface area contributed by atoms with Crippen LogP contribution in [0, 0.1) is 0 Å². The van der Waals surface area contributed by atoms with E-state index in [4.69, 9.17) is 0 Å². The highest BCUT2D eigenvalue weighted by Gasteiger charge is 2.20. The molecule has 0 fully saturated rings. The van der Waals surface area contributed by atoms with Crippen molar-refractivity contribution in [3.8, 4) is 11.1 Å². The average Bonchev–Trinajstić information content (AvgIpc) is 3.69. The van der Waals surface area contributed by atoms with E-state index in [0.29, 0.717) is 0 Å². The van der Waals surface area contributed by atoms with Crippen LogP contribution in [-0.2, 0) is 0 Å². The summed E-state index contributed by atoms with van der Waals surface area (Å²) < 4.78 is 2.63. The van der Waals surface area contributed by atoms with Gasteiger partial charge < -0.3 is 10.2 Å². The topological polar surface area (TPSA) is 15.3 Å². The smallest absolute Gasteiger partial charge is 0.0482 e. The first-order valence-corrected chi connectivity index (χ1v) is 21.0. The van der Waals surface area contributed by atoms with Gasteiger partial charge in [-0.15, -0.1) is 11.3 Å². The highest BCUT2D eigenvalue weighted by Crippen LogP contribution is 2.48. The zero-order valence-corrected chi connectivity index (χ0v) is 32.9. The van der Waals surface area contributed by atoms with Crippen molar-refractivity contribution >= 4 is 114 Å². The predicted octanol–water partition coefficient (Wildman–Crippen LogP) is 16.7. The molecule has 12 aromatic rings. The summed E-state index contributed by atoms with van der Waals surface area (Å²) in [7, 11) is 0. The van der Waals surface area contributed by atoms with Crippen LogP contribution in [0.4, 0.5) is 28.4 Å². The Morgan fingerprint density at radius 2 is 0.915 bits per heavy atom. The summed E-state index contributed by atoms with van der Waals surface area (Å²) in [5.41, 5.74) is 7.76. The van der Waals surface area contributed by atoms with E-state index in [-0.39, 0.29) is 0 Å². The average molecular weight is 769 g/mol. The van der Waals surface area contributed by atoms with Gasteiger partial charge in [-0.05, 0) is 115 Å². The van der Waals surface area contributed by atoms with Crippen LogP contribution in [0.1, 0.15) is 0 Å². The van der Waals surface area contributed by atoms with Gasteiger partial charge in [-0.25, -0.2) is 0 Å². The van der Waals surface area contributed by atoms with Crippen LogP contribution in [0.2, 0.25) is 0 Å². The van der Waals surface area contributed by atoms with Gasteiger partial charge in [-0.3, -0.25) is 0 Å². The van der Waals surface area contributed by atoms with E-state index < -0.39 is 0 Å². The summed E-state index contributed by atoms with van der Waals surface area (Å²) in [4.78, 5) is 2.38. The summed E-state index contributed by atoms with van der Waals surface area (Å²) in [6.07, 6.45) is 0. The molecule has 0 amide bonds. The van der Waals surface area contributed by atoms with Gasteiger partial charge in [0.25, 0.3) is 0 Å². The van der Waals surface area contributed by atoms with Crippen LogP contribution < -0.4 is 10.2 Å². The first-order valence-electron chi connectivity index (χ1n) is 20.2. The van der Waals surface area contributed by atoms with Crippen LogP contribution in [0.5, 0.6) is 0 Å². The standard InChI is InChI=1S/C56H36N2S/c1-3-16-39-31-43(29-27-36(39)13-1)58(44-30-28-37-14-2-4-17-40(37)32-44)42-20-12-19-41(33-42)57-53-35-52-50(34-51(53)46-25-11-18-38-15-5-6-21-45(38)46)47-22-7-8-23-48(47)55-49-24-9-10-26-54(49)59-56(52)55/h1-35,57H. The number of nitrogens with zero attached hydrogens (tertiary/aromatic N) is 1. The van der Waals surface area contributed by atoms with E-state index in [1.807, 2.05) is 11.3 Å². The number of nitrogens with one attached hydrogen (secondary N) is 1. The highest BCUT2D eigenvalue weighted by atomic mass is 32.1. The molecule has 0 spiro atoms. The van der Waals surface area contributed by atoms with Gasteiger partial charge in [0.1, 0.15) is 0 Å². The predicted molar refractivity (Wildman–Crippen MR) is 257 cm³/mol. The molecule has 0 bridgehead atoms. The molecule has 0 aliphatic rings. The van der Waals surface area contributed by atoms with Gasteiger partial charge in [-0.2, -0.15) is 0 Å². The second kappa shape index (κ2) is 13.6. The van der Waals surface area contributed by atoms with Gasteiger partial charge >= 0.3 is 0 Å². The Bertz CT molecular complexity index is 3530. The molecule has 1 N–H and O–H groups in total. The Morgan fingerprint density at radius 3 is 1.66 bits per heavy atom. The molecule has 0 aliphatic carbocycles. The normalized spacial score (nSPS) is 11.7. The molecule has 0 atom stereocenters. The molecule has 0 aliphatic heterocycles. The third-order valence-corrected chi connectivity index (χ3v) is 13.1.